The predicted molar refractivity (Wildman–Crippen MR) is 56.7 cm³/mol. The molecule has 1 aliphatic rings. The Morgan fingerprint density at radius 1 is 1.36 bits per heavy atom. The Bertz CT molecular complexity index is 397. The first-order valence-corrected chi connectivity index (χ1v) is 5.43. The fraction of sp³-hybridized carbons (Fsp3) is 0.455. The molecule has 1 aromatic carbocycles. The summed E-state index contributed by atoms with van der Waals surface area (Å²) in [6, 6.07) is 1.83. The summed E-state index contributed by atoms with van der Waals surface area (Å²) >= 11 is 3.30. The molecule has 0 saturated heterocycles. The normalized spacial score (nSPS) is 18.4. The molecular formula is C11H12BrFO. The standard InChI is InChI=1S/C11H12BrFO/c1-6-8(11(14)3-4-11)5-9(12)7(2)10(6)13/h5,14H,3-4H2,1-2H3. The molecular weight excluding hydrogens is 247 g/mol. The van der Waals surface area contributed by atoms with E-state index in [4.69, 9.17) is 0 Å². The minimum atomic E-state index is -0.763. The van der Waals surface area contributed by atoms with Crippen LogP contribution in [0.5, 0.6) is 0 Å². The molecule has 1 fully saturated rings. The molecule has 0 heterocycles. The zero-order valence-electron chi connectivity index (χ0n) is 8.19. The number of aliphatic hydroxyl groups is 1. The lowest BCUT2D eigenvalue weighted by Crippen LogP contribution is -2.09. The van der Waals surface area contributed by atoms with Gasteiger partial charge >= 0.3 is 0 Å². The van der Waals surface area contributed by atoms with Crippen LogP contribution in [0.1, 0.15) is 29.5 Å². The Morgan fingerprint density at radius 2 is 1.93 bits per heavy atom. The first kappa shape index (κ1) is 10.1. The van der Waals surface area contributed by atoms with Crippen molar-refractivity contribution in [3.8, 4) is 0 Å². The van der Waals surface area contributed by atoms with Gasteiger partial charge in [0.1, 0.15) is 5.82 Å². The van der Waals surface area contributed by atoms with Crippen LogP contribution in [0.25, 0.3) is 0 Å². The molecule has 0 atom stereocenters. The van der Waals surface area contributed by atoms with Gasteiger partial charge in [0.2, 0.25) is 0 Å². The smallest absolute Gasteiger partial charge is 0.130 e. The average Bonchev–Trinajstić information content (AvgIpc) is 2.87. The summed E-state index contributed by atoms with van der Waals surface area (Å²) in [7, 11) is 0. The first-order valence-electron chi connectivity index (χ1n) is 4.64. The van der Waals surface area contributed by atoms with E-state index in [1.54, 1.807) is 13.8 Å². The first-order chi connectivity index (χ1) is 6.46. The third-order valence-electron chi connectivity index (χ3n) is 2.92. The Balaban J connectivity index is 2.62. The molecule has 1 aromatic rings. The molecule has 0 spiro atoms. The van der Waals surface area contributed by atoms with Crippen molar-refractivity contribution in [2.75, 3.05) is 0 Å². The molecule has 2 rings (SSSR count). The van der Waals surface area contributed by atoms with Gasteiger partial charge in [-0.1, -0.05) is 15.9 Å². The Morgan fingerprint density at radius 3 is 2.43 bits per heavy atom. The maximum absolute atomic E-state index is 13.7. The van der Waals surface area contributed by atoms with Crippen molar-refractivity contribution in [1.29, 1.82) is 0 Å². The number of halogens is 2. The van der Waals surface area contributed by atoms with E-state index < -0.39 is 5.60 Å². The lowest BCUT2D eigenvalue weighted by molar-refractivity contribution is 0.150. The van der Waals surface area contributed by atoms with E-state index >= 15 is 0 Å². The molecule has 0 radical (unpaired) electrons. The Hall–Kier alpha value is -0.410. The molecule has 0 aliphatic heterocycles. The summed E-state index contributed by atoms with van der Waals surface area (Å²) in [5.41, 5.74) is 1.15. The van der Waals surface area contributed by atoms with Gasteiger partial charge in [-0.05, 0) is 49.4 Å². The molecule has 1 saturated carbocycles. The van der Waals surface area contributed by atoms with Crippen molar-refractivity contribution in [3.63, 3.8) is 0 Å². The Kier molecular flexibility index (Phi) is 2.20. The second kappa shape index (κ2) is 3.04. The van der Waals surface area contributed by atoms with Gasteiger partial charge in [-0.3, -0.25) is 0 Å². The molecule has 0 aromatic heterocycles. The van der Waals surface area contributed by atoms with Crippen LogP contribution in [0.15, 0.2) is 10.5 Å². The van der Waals surface area contributed by atoms with Crippen LogP contribution in [-0.2, 0) is 5.60 Å². The van der Waals surface area contributed by atoms with Crippen molar-refractivity contribution in [3.05, 3.63) is 33.0 Å². The molecule has 1 aliphatic carbocycles. The van der Waals surface area contributed by atoms with E-state index in [1.807, 2.05) is 6.07 Å². The summed E-state index contributed by atoms with van der Waals surface area (Å²) in [5.74, 6) is -0.213. The molecule has 0 unspecified atom stereocenters. The van der Waals surface area contributed by atoms with Crippen LogP contribution in [0.3, 0.4) is 0 Å². The lowest BCUT2D eigenvalue weighted by atomic mass is 9.99. The van der Waals surface area contributed by atoms with Gasteiger partial charge in [0.05, 0.1) is 5.60 Å². The van der Waals surface area contributed by atoms with Gasteiger partial charge < -0.3 is 5.11 Å². The van der Waals surface area contributed by atoms with Crippen LogP contribution in [-0.4, -0.2) is 5.11 Å². The Labute approximate surface area is 91.1 Å². The second-order valence-electron chi connectivity index (χ2n) is 4.00. The number of benzene rings is 1. The van der Waals surface area contributed by atoms with Gasteiger partial charge in [-0.25, -0.2) is 4.39 Å². The molecule has 76 valence electrons. The van der Waals surface area contributed by atoms with Gasteiger partial charge in [-0.2, -0.15) is 0 Å². The monoisotopic (exact) mass is 258 g/mol. The zero-order chi connectivity index (χ0) is 10.5. The van der Waals surface area contributed by atoms with E-state index in [0.717, 1.165) is 22.9 Å². The molecule has 0 amide bonds. The van der Waals surface area contributed by atoms with Crippen molar-refractivity contribution in [1.82, 2.24) is 0 Å². The van der Waals surface area contributed by atoms with Gasteiger partial charge in [0.15, 0.2) is 0 Å². The second-order valence-corrected chi connectivity index (χ2v) is 4.86. The van der Waals surface area contributed by atoms with Crippen LogP contribution in [0.4, 0.5) is 4.39 Å². The quantitative estimate of drug-likeness (QED) is 0.821. The molecule has 3 heteroatoms. The molecule has 0 bridgehead atoms. The van der Waals surface area contributed by atoms with Crippen molar-refractivity contribution in [2.45, 2.75) is 32.3 Å². The lowest BCUT2D eigenvalue weighted by Gasteiger charge is -2.15. The van der Waals surface area contributed by atoms with Crippen LogP contribution >= 0.6 is 15.9 Å². The number of rotatable bonds is 1. The van der Waals surface area contributed by atoms with Crippen LogP contribution in [0.2, 0.25) is 0 Å². The highest BCUT2D eigenvalue weighted by atomic mass is 79.9. The van der Waals surface area contributed by atoms with Crippen molar-refractivity contribution < 1.29 is 9.50 Å². The highest BCUT2D eigenvalue weighted by molar-refractivity contribution is 9.10. The van der Waals surface area contributed by atoms with Crippen LogP contribution in [0, 0.1) is 19.7 Å². The SMILES string of the molecule is Cc1c(Br)cc(C2(O)CC2)c(C)c1F. The fourth-order valence-electron chi connectivity index (χ4n) is 1.72. The summed E-state index contributed by atoms with van der Waals surface area (Å²) in [5, 5.41) is 9.93. The third-order valence-corrected chi connectivity index (χ3v) is 3.74. The van der Waals surface area contributed by atoms with Gasteiger partial charge in [0, 0.05) is 4.47 Å². The summed E-state index contributed by atoms with van der Waals surface area (Å²) in [4.78, 5) is 0. The maximum Gasteiger partial charge on any atom is 0.130 e. The third kappa shape index (κ3) is 1.39. The average molecular weight is 259 g/mol. The largest absolute Gasteiger partial charge is 0.385 e. The molecule has 14 heavy (non-hydrogen) atoms. The van der Waals surface area contributed by atoms with E-state index in [-0.39, 0.29) is 5.82 Å². The summed E-state index contributed by atoms with van der Waals surface area (Å²) in [6.07, 6.45) is 1.48. The zero-order valence-corrected chi connectivity index (χ0v) is 9.78. The summed E-state index contributed by atoms with van der Waals surface area (Å²) < 4.78 is 14.4. The van der Waals surface area contributed by atoms with Gasteiger partial charge in [-0.15, -0.1) is 0 Å². The van der Waals surface area contributed by atoms with E-state index in [0.29, 0.717) is 11.1 Å². The maximum atomic E-state index is 13.7. The van der Waals surface area contributed by atoms with Crippen molar-refractivity contribution in [2.24, 2.45) is 0 Å². The van der Waals surface area contributed by atoms with Crippen LogP contribution < -0.4 is 0 Å². The van der Waals surface area contributed by atoms with Crippen molar-refractivity contribution >= 4 is 15.9 Å². The highest BCUT2D eigenvalue weighted by Gasteiger charge is 2.43. The van der Waals surface area contributed by atoms with E-state index in [1.165, 1.54) is 0 Å². The number of hydrogen-bond donors (Lipinski definition) is 1. The van der Waals surface area contributed by atoms with E-state index in [2.05, 4.69) is 15.9 Å². The topological polar surface area (TPSA) is 20.2 Å². The summed E-state index contributed by atoms with van der Waals surface area (Å²) in [6.45, 7) is 3.45. The molecule has 1 N–H and O–H groups in total. The highest BCUT2D eigenvalue weighted by Crippen LogP contribution is 2.48. The minimum absolute atomic E-state index is 0.213. The van der Waals surface area contributed by atoms with Gasteiger partial charge in [0.25, 0.3) is 0 Å². The molecule has 1 nitrogen and oxygen atoms in total. The number of hydrogen-bond acceptors (Lipinski definition) is 1. The van der Waals surface area contributed by atoms with E-state index in [9.17, 15) is 9.50 Å². The predicted octanol–water partition coefficient (Wildman–Crippen LogP) is 3.19. The minimum Gasteiger partial charge on any atom is -0.385 e. The fourth-order valence-corrected chi connectivity index (χ4v) is 2.12.